The Labute approximate surface area is 116 Å². The molecular formula is C14H19F2NO3. The third kappa shape index (κ3) is 3.80. The molecule has 1 aromatic rings. The van der Waals surface area contributed by atoms with Crippen LogP contribution in [0.15, 0.2) is 18.2 Å². The largest absolute Gasteiger partial charge is 0.493 e. The second-order valence-electron chi connectivity index (χ2n) is 5.32. The second-order valence-corrected chi connectivity index (χ2v) is 5.32. The Morgan fingerprint density at radius 3 is 2.70 bits per heavy atom. The fraction of sp³-hybridized carbons (Fsp3) is 0.571. The van der Waals surface area contributed by atoms with Crippen molar-refractivity contribution in [2.75, 3.05) is 20.2 Å². The first-order valence-electron chi connectivity index (χ1n) is 6.46. The van der Waals surface area contributed by atoms with E-state index in [9.17, 15) is 13.9 Å². The molecule has 1 atom stereocenters. The van der Waals surface area contributed by atoms with Crippen LogP contribution in [0.25, 0.3) is 0 Å². The van der Waals surface area contributed by atoms with E-state index in [-0.39, 0.29) is 11.5 Å². The highest BCUT2D eigenvalue weighted by atomic mass is 19.3. The Morgan fingerprint density at radius 1 is 1.40 bits per heavy atom. The fourth-order valence-electron chi connectivity index (χ4n) is 2.44. The summed E-state index contributed by atoms with van der Waals surface area (Å²) in [5, 5.41) is 9.92. The molecule has 1 fully saturated rings. The standard InChI is InChI=1S/C14H19F2NO3/c1-14(18)5-6-17(9-14)8-10-3-4-11(20-13(15)16)12(7-10)19-2/h3-4,7,13,18H,5-6,8-9H2,1-2H3. The molecular weight excluding hydrogens is 268 g/mol. The minimum atomic E-state index is -2.87. The number of β-amino-alcohol motifs (C(OH)–C–C–N with tert-alkyl or cyclic N) is 1. The van der Waals surface area contributed by atoms with Crippen molar-refractivity contribution in [1.82, 2.24) is 4.90 Å². The number of hydrogen-bond donors (Lipinski definition) is 1. The number of halogens is 2. The number of aliphatic hydroxyl groups is 1. The Hall–Kier alpha value is -1.40. The lowest BCUT2D eigenvalue weighted by atomic mass is 10.1. The van der Waals surface area contributed by atoms with E-state index in [1.165, 1.54) is 13.2 Å². The fourth-order valence-corrected chi connectivity index (χ4v) is 2.44. The van der Waals surface area contributed by atoms with E-state index in [0.717, 1.165) is 18.5 Å². The van der Waals surface area contributed by atoms with Gasteiger partial charge in [-0.25, -0.2) is 0 Å². The molecule has 1 N–H and O–H groups in total. The summed E-state index contributed by atoms with van der Waals surface area (Å²) in [5.41, 5.74) is 0.282. The first-order chi connectivity index (χ1) is 9.39. The quantitative estimate of drug-likeness (QED) is 0.902. The van der Waals surface area contributed by atoms with Gasteiger partial charge in [0.15, 0.2) is 11.5 Å². The van der Waals surface area contributed by atoms with Gasteiger partial charge in [-0.15, -0.1) is 0 Å². The smallest absolute Gasteiger partial charge is 0.387 e. The zero-order valence-corrected chi connectivity index (χ0v) is 11.6. The van der Waals surface area contributed by atoms with Crippen LogP contribution in [0.1, 0.15) is 18.9 Å². The van der Waals surface area contributed by atoms with E-state index in [1.54, 1.807) is 12.1 Å². The van der Waals surface area contributed by atoms with Gasteiger partial charge in [-0.1, -0.05) is 6.07 Å². The summed E-state index contributed by atoms with van der Waals surface area (Å²) in [6.45, 7) is 0.993. The van der Waals surface area contributed by atoms with Crippen LogP contribution in [0.3, 0.4) is 0 Å². The van der Waals surface area contributed by atoms with Gasteiger partial charge in [-0.3, -0.25) is 4.90 Å². The minimum Gasteiger partial charge on any atom is -0.493 e. The molecule has 1 heterocycles. The van der Waals surface area contributed by atoms with Gasteiger partial charge in [-0.05, 0) is 31.0 Å². The molecule has 0 aliphatic carbocycles. The summed E-state index contributed by atoms with van der Waals surface area (Å²) in [6, 6.07) is 4.90. The maximum atomic E-state index is 12.2. The van der Waals surface area contributed by atoms with Gasteiger partial charge < -0.3 is 14.6 Å². The number of ether oxygens (including phenoxy) is 2. The van der Waals surface area contributed by atoms with Gasteiger partial charge in [0.25, 0.3) is 0 Å². The third-order valence-corrected chi connectivity index (χ3v) is 3.38. The van der Waals surface area contributed by atoms with Crippen LogP contribution in [-0.4, -0.2) is 42.4 Å². The Morgan fingerprint density at radius 2 is 2.15 bits per heavy atom. The molecule has 20 heavy (non-hydrogen) atoms. The number of methoxy groups -OCH3 is 1. The van der Waals surface area contributed by atoms with Crippen molar-refractivity contribution in [3.63, 3.8) is 0 Å². The average Bonchev–Trinajstić information content (AvgIpc) is 2.70. The normalized spacial score (nSPS) is 23.3. The molecule has 2 rings (SSSR count). The van der Waals surface area contributed by atoms with Crippen molar-refractivity contribution in [2.45, 2.75) is 32.1 Å². The highest BCUT2D eigenvalue weighted by Crippen LogP contribution is 2.30. The molecule has 1 saturated heterocycles. The van der Waals surface area contributed by atoms with E-state index in [4.69, 9.17) is 4.74 Å². The summed E-state index contributed by atoms with van der Waals surface area (Å²) in [4.78, 5) is 2.11. The molecule has 0 bridgehead atoms. The molecule has 6 heteroatoms. The van der Waals surface area contributed by atoms with E-state index in [1.807, 2.05) is 6.92 Å². The topological polar surface area (TPSA) is 41.9 Å². The van der Waals surface area contributed by atoms with Crippen LogP contribution in [0, 0.1) is 0 Å². The number of rotatable bonds is 5. The van der Waals surface area contributed by atoms with Crippen molar-refractivity contribution >= 4 is 0 Å². The first kappa shape index (κ1) is 15.0. The zero-order chi connectivity index (χ0) is 14.8. The molecule has 0 amide bonds. The number of benzene rings is 1. The highest BCUT2D eigenvalue weighted by molar-refractivity contribution is 5.43. The van der Waals surface area contributed by atoms with Crippen molar-refractivity contribution in [3.8, 4) is 11.5 Å². The maximum Gasteiger partial charge on any atom is 0.387 e. The van der Waals surface area contributed by atoms with Gasteiger partial charge >= 0.3 is 6.61 Å². The molecule has 1 aliphatic heterocycles. The molecule has 4 nitrogen and oxygen atoms in total. The molecule has 0 aromatic heterocycles. The van der Waals surface area contributed by atoms with Crippen molar-refractivity contribution < 1.29 is 23.4 Å². The van der Waals surface area contributed by atoms with Crippen LogP contribution in [0.2, 0.25) is 0 Å². The molecule has 1 aromatic carbocycles. The summed E-state index contributed by atoms with van der Waals surface area (Å²) in [6.07, 6.45) is 0.733. The summed E-state index contributed by atoms with van der Waals surface area (Å²) in [5.74, 6) is 0.313. The molecule has 0 spiro atoms. The van der Waals surface area contributed by atoms with E-state index >= 15 is 0 Å². The number of nitrogens with zero attached hydrogens (tertiary/aromatic N) is 1. The average molecular weight is 287 g/mol. The van der Waals surface area contributed by atoms with Crippen LogP contribution in [0.4, 0.5) is 8.78 Å². The van der Waals surface area contributed by atoms with Gasteiger partial charge in [0.1, 0.15) is 0 Å². The number of alkyl halides is 2. The Bertz CT molecular complexity index is 466. The zero-order valence-electron chi connectivity index (χ0n) is 11.6. The van der Waals surface area contributed by atoms with Gasteiger partial charge in [0.05, 0.1) is 12.7 Å². The minimum absolute atomic E-state index is 0.0275. The first-order valence-corrected chi connectivity index (χ1v) is 6.46. The molecule has 0 saturated carbocycles. The summed E-state index contributed by atoms with van der Waals surface area (Å²) < 4.78 is 33.9. The number of hydrogen-bond acceptors (Lipinski definition) is 4. The lowest BCUT2D eigenvalue weighted by molar-refractivity contribution is -0.0512. The molecule has 0 radical (unpaired) electrons. The predicted molar refractivity (Wildman–Crippen MR) is 70.1 cm³/mol. The van der Waals surface area contributed by atoms with E-state index < -0.39 is 12.2 Å². The molecule has 112 valence electrons. The second kappa shape index (κ2) is 5.93. The third-order valence-electron chi connectivity index (χ3n) is 3.38. The van der Waals surface area contributed by atoms with Gasteiger partial charge in [0, 0.05) is 19.6 Å². The van der Waals surface area contributed by atoms with Gasteiger partial charge in [-0.2, -0.15) is 8.78 Å². The van der Waals surface area contributed by atoms with E-state index in [2.05, 4.69) is 9.64 Å². The van der Waals surface area contributed by atoms with Crippen molar-refractivity contribution in [2.24, 2.45) is 0 Å². The number of likely N-dealkylation sites (tertiary alicyclic amines) is 1. The Balaban J connectivity index is 2.06. The van der Waals surface area contributed by atoms with Crippen LogP contribution < -0.4 is 9.47 Å². The SMILES string of the molecule is COc1cc(CN2CCC(C)(O)C2)ccc1OC(F)F. The van der Waals surface area contributed by atoms with Crippen molar-refractivity contribution in [3.05, 3.63) is 23.8 Å². The maximum absolute atomic E-state index is 12.2. The monoisotopic (exact) mass is 287 g/mol. The Kier molecular flexibility index (Phi) is 4.45. The van der Waals surface area contributed by atoms with Crippen LogP contribution in [-0.2, 0) is 6.54 Å². The molecule has 1 unspecified atom stereocenters. The van der Waals surface area contributed by atoms with Crippen LogP contribution in [0.5, 0.6) is 11.5 Å². The summed E-state index contributed by atoms with van der Waals surface area (Å²) >= 11 is 0. The lowest BCUT2D eigenvalue weighted by Crippen LogP contribution is -2.29. The van der Waals surface area contributed by atoms with Crippen LogP contribution >= 0.6 is 0 Å². The predicted octanol–water partition coefficient (Wildman–Crippen LogP) is 2.25. The summed E-state index contributed by atoms with van der Waals surface area (Å²) in [7, 11) is 1.41. The lowest BCUT2D eigenvalue weighted by Gasteiger charge is -2.19. The highest BCUT2D eigenvalue weighted by Gasteiger charge is 2.31. The van der Waals surface area contributed by atoms with E-state index in [0.29, 0.717) is 13.1 Å². The van der Waals surface area contributed by atoms with Gasteiger partial charge in [0.2, 0.25) is 0 Å². The van der Waals surface area contributed by atoms with Crippen molar-refractivity contribution in [1.29, 1.82) is 0 Å². The molecule has 1 aliphatic rings.